The summed E-state index contributed by atoms with van der Waals surface area (Å²) >= 11 is 7.41. The second-order valence-electron chi connectivity index (χ2n) is 7.35. The summed E-state index contributed by atoms with van der Waals surface area (Å²) in [6.45, 7) is 2.67. The van der Waals surface area contributed by atoms with Gasteiger partial charge in [-0.05, 0) is 49.4 Å². The van der Waals surface area contributed by atoms with Gasteiger partial charge in [0, 0.05) is 5.69 Å². The Hall–Kier alpha value is -3.43. The van der Waals surface area contributed by atoms with E-state index in [1.165, 1.54) is 18.9 Å². The molecule has 0 radical (unpaired) electrons. The van der Waals surface area contributed by atoms with Crippen LogP contribution in [0.5, 0.6) is 11.5 Å². The molecule has 0 atom stereocenters. The average Bonchev–Trinajstić information content (AvgIpc) is 3.48. The van der Waals surface area contributed by atoms with E-state index >= 15 is 0 Å². The van der Waals surface area contributed by atoms with Gasteiger partial charge in [-0.25, -0.2) is 0 Å². The molecule has 0 saturated carbocycles. The number of ether oxygens (including phenoxy) is 2. The number of rotatable bonds is 10. The fraction of sp³-hybridized carbons (Fsp3) is 0.208. The first-order valence-electron chi connectivity index (χ1n) is 10.4. The molecule has 10 heteroatoms. The number of nitrogens with zero attached hydrogens (tertiary/aromatic N) is 3. The van der Waals surface area contributed by atoms with E-state index in [0.717, 1.165) is 17.1 Å². The number of benzene rings is 2. The summed E-state index contributed by atoms with van der Waals surface area (Å²) in [6.07, 6.45) is 1.61. The van der Waals surface area contributed by atoms with E-state index < -0.39 is 0 Å². The highest BCUT2D eigenvalue weighted by Gasteiger charge is 2.17. The molecule has 1 amide bonds. The lowest BCUT2D eigenvalue weighted by molar-refractivity contribution is -0.113. The Morgan fingerprint density at radius 1 is 1.18 bits per heavy atom. The number of halogens is 1. The number of amides is 1. The van der Waals surface area contributed by atoms with Gasteiger partial charge in [-0.1, -0.05) is 41.1 Å². The molecule has 4 rings (SSSR count). The van der Waals surface area contributed by atoms with Crippen LogP contribution in [0.1, 0.15) is 17.1 Å². The lowest BCUT2D eigenvalue weighted by Gasteiger charge is -2.11. The predicted octanol–water partition coefficient (Wildman–Crippen LogP) is 5.20. The van der Waals surface area contributed by atoms with Crippen LogP contribution in [0.2, 0.25) is 5.02 Å². The van der Waals surface area contributed by atoms with Crippen LogP contribution in [-0.2, 0) is 17.9 Å². The molecule has 0 spiro atoms. The van der Waals surface area contributed by atoms with Crippen molar-refractivity contribution in [2.75, 3.05) is 18.2 Å². The molecule has 0 saturated heterocycles. The maximum absolute atomic E-state index is 12.5. The lowest BCUT2D eigenvalue weighted by atomic mass is 10.2. The monoisotopic (exact) mass is 498 g/mol. The molecular formula is C24H23ClN4O4S. The molecule has 0 fully saturated rings. The number of aromatic nitrogens is 3. The largest absolute Gasteiger partial charge is 0.495 e. The highest BCUT2D eigenvalue weighted by Crippen LogP contribution is 2.27. The second kappa shape index (κ2) is 11.1. The van der Waals surface area contributed by atoms with E-state index in [2.05, 4.69) is 15.5 Å². The molecule has 0 unspecified atom stereocenters. The highest BCUT2D eigenvalue weighted by atomic mass is 35.5. The standard InChI is InChI=1S/C24H23ClN4O4S/c1-16-5-8-18(9-6-16)33-14-22-27-28-24(29(22)13-19-4-3-11-32-19)34-15-23(30)26-17-7-10-21(31-2)20(25)12-17/h3-12H,13-15H2,1-2H3,(H,26,30). The van der Waals surface area contributed by atoms with Crippen molar-refractivity contribution in [3.8, 4) is 11.5 Å². The first kappa shape index (κ1) is 23.7. The molecular weight excluding hydrogens is 476 g/mol. The average molecular weight is 499 g/mol. The molecule has 0 bridgehead atoms. The Morgan fingerprint density at radius 3 is 2.71 bits per heavy atom. The Balaban J connectivity index is 1.43. The number of nitrogens with one attached hydrogen (secondary N) is 1. The molecule has 0 aliphatic heterocycles. The summed E-state index contributed by atoms with van der Waals surface area (Å²) in [5, 5.41) is 12.4. The number of aryl methyl sites for hydroxylation is 1. The van der Waals surface area contributed by atoms with Gasteiger partial charge in [0.25, 0.3) is 0 Å². The van der Waals surface area contributed by atoms with E-state index in [-0.39, 0.29) is 18.3 Å². The van der Waals surface area contributed by atoms with Gasteiger partial charge in [-0.3, -0.25) is 9.36 Å². The Labute approximate surface area is 206 Å². The van der Waals surface area contributed by atoms with Crippen LogP contribution >= 0.6 is 23.4 Å². The number of hydrogen-bond acceptors (Lipinski definition) is 7. The molecule has 1 N–H and O–H groups in total. The number of carbonyl (C=O) groups excluding carboxylic acids is 1. The first-order chi connectivity index (χ1) is 16.5. The van der Waals surface area contributed by atoms with E-state index in [0.29, 0.717) is 34.0 Å². The number of thioether (sulfide) groups is 1. The maximum atomic E-state index is 12.5. The molecule has 0 aliphatic carbocycles. The zero-order chi connectivity index (χ0) is 23.9. The Morgan fingerprint density at radius 2 is 2.00 bits per heavy atom. The van der Waals surface area contributed by atoms with E-state index in [1.54, 1.807) is 24.5 Å². The third-order valence-electron chi connectivity index (χ3n) is 4.84. The van der Waals surface area contributed by atoms with Gasteiger partial charge >= 0.3 is 0 Å². The van der Waals surface area contributed by atoms with Crippen LogP contribution in [-0.4, -0.2) is 33.5 Å². The fourth-order valence-corrected chi connectivity index (χ4v) is 4.12. The van der Waals surface area contributed by atoms with Crippen molar-refractivity contribution in [1.82, 2.24) is 14.8 Å². The van der Waals surface area contributed by atoms with Crippen molar-refractivity contribution in [3.63, 3.8) is 0 Å². The van der Waals surface area contributed by atoms with Crippen LogP contribution < -0.4 is 14.8 Å². The van der Waals surface area contributed by atoms with Gasteiger partial charge in [0.1, 0.15) is 23.9 Å². The normalized spacial score (nSPS) is 10.8. The lowest BCUT2D eigenvalue weighted by Crippen LogP contribution is -2.15. The highest BCUT2D eigenvalue weighted by molar-refractivity contribution is 7.99. The summed E-state index contributed by atoms with van der Waals surface area (Å²) in [5.74, 6) is 2.60. The molecule has 0 aliphatic rings. The second-order valence-corrected chi connectivity index (χ2v) is 8.70. The van der Waals surface area contributed by atoms with Gasteiger partial charge in [0.05, 0.1) is 30.7 Å². The van der Waals surface area contributed by atoms with Crippen molar-refractivity contribution >= 4 is 35.0 Å². The van der Waals surface area contributed by atoms with Crippen LogP contribution in [0.15, 0.2) is 70.4 Å². The van der Waals surface area contributed by atoms with Crippen LogP contribution in [0.4, 0.5) is 5.69 Å². The maximum Gasteiger partial charge on any atom is 0.234 e. The van der Waals surface area contributed by atoms with E-state index in [4.69, 9.17) is 25.5 Å². The predicted molar refractivity (Wildman–Crippen MR) is 131 cm³/mol. The van der Waals surface area contributed by atoms with E-state index in [1.807, 2.05) is 47.9 Å². The third-order valence-corrected chi connectivity index (χ3v) is 6.11. The minimum Gasteiger partial charge on any atom is -0.495 e. The smallest absolute Gasteiger partial charge is 0.234 e. The van der Waals surface area contributed by atoms with Crippen molar-refractivity contribution in [1.29, 1.82) is 0 Å². The number of hydrogen-bond donors (Lipinski definition) is 1. The summed E-state index contributed by atoms with van der Waals surface area (Å²) in [6, 6.07) is 16.6. The van der Waals surface area contributed by atoms with Crippen molar-refractivity contribution in [2.24, 2.45) is 0 Å². The summed E-state index contributed by atoms with van der Waals surface area (Å²) in [7, 11) is 1.54. The SMILES string of the molecule is COc1ccc(NC(=O)CSc2nnc(COc3ccc(C)cc3)n2Cc2ccco2)cc1Cl. The Bertz CT molecular complexity index is 1240. The molecule has 34 heavy (non-hydrogen) atoms. The molecule has 2 aromatic heterocycles. The summed E-state index contributed by atoms with van der Waals surface area (Å²) in [5.41, 5.74) is 1.74. The zero-order valence-corrected chi connectivity index (χ0v) is 20.2. The summed E-state index contributed by atoms with van der Waals surface area (Å²) < 4.78 is 18.4. The van der Waals surface area contributed by atoms with Crippen LogP contribution in [0.3, 0.4) is 0 Å². The third kappa shape index (κ3) is 6.12. The van der Waals surface area contributed by atoms with Crippen molar-refractivity contribution in [3.05, 3.63) is 83.0 Å². The molecule has 8 nitrogen and oxygen atoms in total. The minimum atomic E-state index is -0.198. The summed E-state index contributed by atoms with van der Waals surface area (Å²) in [4.78, 5) is 12.5. The molecule has 4 aromatic rings. The molecule has 176 valence electrons. The first-order valence-corrected chi connectivity index (χ1v) is 11.8. The van der Waals surface area contributed by atoms with Gasteiger partial charge < -0.3 is 19.2 Å². The van der Waals surface area contributed by atoms with Crippen LogP contribution in [0, 0.1) is 6.92 Å². The zero-order valence-electron chi connectivity index (χ0n) is 18.7. The van der Waals surface area contributed by atoms with E-state index in [9.17, 15) is 4.79 Å². The topological polar surface area (TPSA) is 91.4 Å². The van der Waals surface area contributed by atoms with Gasteiger partial charge in [0.15, 0.2) is 11.0 Å². The number of furan rings is 1. The number of anilines is 1. The van der Waals surface area contributed by atoms with Gasteiger partial charge in [-0.15, -0.1) is 10.2 Å². The molecule has 2 aromatic carbocycles. The van der Waals surface area contributed by atoms with Gasteiger partial charge in [-0.2, -0.15) is 0 Å². The van der Waals surface area contributed by atoms with Gasteiger partial charge in [0.2, 0.25) is 5.91 Å². The minimum absolute atomic E-state index is 0.138. The van der Waals surface area contributed by atoms with Crippen molar-refractivity contribution in [2.45, 2.75) is 25.2 Å². The van der Waals surface area contributed by atoms with Crippen molar-refractivity contribution < 1.29 is 18.7 Å². The number of methoxy groups -OCH3 is 1. The number of carbonyl (C=O) groups is 1. The fourth-order valence-electron chi connectivity index (χ4n) is 3.10. The Kier molecular flexibility index (Phi) is 7.76. The molecule has 2 heterocycles. The van der Waals surface area contributed by atoms with Crippen LogP contribution in [0.25, 0.3) is 0 Å². The quantitative estimate of drug-likeness (QED) is 0.300.